The summed E-state index contributed by atoms with van der Waals surface area (Å²) in [6.45, 7) is 0. The quantitative estimate of drug-likeness (QED) is 0.505. The van der Waals surface area contributed by atoms with E-state index in [1.807, 2.05) is 0 Å². The maximum absolute atomic E-state index is 13.0. The van der Waals surface area contributed by atoms with Crippen molar-refractivity contribution in [1.82, 2.24) is 0 Å². The van der Waals surface area contributed by atoms with Crippen LogP contribution in [-0.4, -0.2) is 16.6 Å². The van der Waals surface area contributed by atoms with Gasteiger partial charge in [-0.1, -0.05) is 11.6 Å². The molecule has 0 aliphatic rings. The smallest absolute Gasteiger partial charge is 0.295 e. The average Bonchev–Trinajstić information content (AvgIpc) is 2.48. The van der Waals surface area contributed by atoms with Crippen molar-refractivity contribution in [3.8, 4) is 0 Å². The summed E-state index contributed by atoms with van der Waals surface area (Å²) in [5.74, 6) is -1.09. The molecule has 0 radical (unpaired) electrons. The first kappa shape index (κ1) is 16.3. The Kier molecular flexibility index (Phi) is 5.35. The van der Waals surface area contributed by atoms with Crippen LogP contribution in [0, 0.1) is 15.9 Å². The second-order valence-electron chi connectivity index (χ2n) is 4.21. The molecular formula is C14H10ClFN2O3S. The van der Waals surface area contributed by atoms with E-state index in [-0.39, 0.29) is 11.4 Å². The highest BCUT2D eigenvalue weighted by molar-refractivity contribution is 8.00. The third-order valence-electron chi connectivity index (χ3n) is 2.61. The Morgan fingerprint density at radius 2 is 1.95 bits per heavy atom. The number of carbonyl (C=O) groups is 1. The second-order valence-corrected chi connectivity index (χ2v) is 5.69. The highest BCUT2D eigenvalue weighted by atomic mass is 35.5. The number of nitro groups is 1. The summed E-state index contributed by atoms with van der Waals surface area (Å²) in [6, 6.07) is 9.91. The van der Waals surface area contributed by atoms with E-state index in [0.717, 1.165) is 17.0 Å². The minimum atomic E-state index is -0.745. The number of amides is 1. The van der Waals surface area contributed by atoms with E-state index in [1.165, 1.54) is 17.8 Å². The van der Waals surface area contributed by atoms with Gasteiger partial charge in [-0.25, -0.2) is 4.39 Å². The number of thioether (sulfide) groups is 1. The molecule has 1 amide bonds. The number of nitro benzene ring substituents is 1. The Hall–Kier alpha value is -2.12. The van der Waals surface area contributed by atoms with Crippen LogP contribution < -0.4 is 5.32 Å². The van der Waals surface area contributed by atoms with E-state index in [4.69, 9.17) is 11.6 Å². The summed E-state index contributed by atoms with van der Waals surface area (Å²) >= 11 is 7.02. The molecule has 0 bridgehead atoms. The summed E-state index contributed by atoms with van der Waals surface area (Å²) in [5.41, 5.74) is -0.516. The van der Waals surface area contributed by atoms with Crippen molar-refractivity contribution in [2.75, 3.05) is 11.1 Å². The first-order valence-electron chi connectivity index (χ1n) is 6.08. The zero-order valence-corrected chi connectivity index (χ0v) is 12.7. The van der Waals surface area contributed by atoms with Crippen molar-refractivity contribution in [2.45, 2.75) is 4.90 Å². The van der Waals surface area contributed by atoms with E-state index in [2.05, 4.69) is 5.32 Å². The molecule has 0 aliphatic heterocycles. The van der Waals surface area contributed by atoms with Crippen LogP contribution in [0.5, 0.6) is 0 Å². The van der Waals surface area contributed by atoms with Gasteiger partial charge in [0.15, 0.2) is 0 Å². The Bertz CT molecular complexity index is 710. The van der Waals surface area contributed by atoms with Crippen molar-refractivity contribution in [3.05, 3.63) is 63.4 Å². The summed E-state index contributed by atoms with van der Waals surface area (Å²) in [6.07, 6.45) is 0. The largest absolute Gasteiger partial charge is 0.320 e. The molecule has 2 rings (SSSR count). The van der Waals surface area contributed by atoms with Crippen LogP contribution in [0.3, 0.4) is 0 Å². The number of halogens is 2. The predicted molar refractivity (Wildman–Crippen MR) is 83.9 cm³/mol. The van der Waals surface area contributed by atoms with Crippen molar-refractivity contribution in [2.24, 2.45) is 0 Å². The molecule has 5 nitrogen and oxygen atoms in total. The van der Waals surface area contributed by atoms with Crippen molar-refractivity contribution < 1.29 is 14.1 Å². The predicted octanol–water partition coefficient (Wildman–Crippen LogP) is 4.12. The normalized spacial score (nSPS) is 10.3. The molecule has 0 atom stereocenters. The summed E-state index contributed by atoms with van der Waals surface area (Å²) in [4.78, 5) is 22.8. The first-order chi connectivity index (χ1) is 10.5. The monoisotopic (exact) mass is 340 g/mol. The Balaban J connectivity index is 2.00. The lowest BCUT2D eigenvalue weighted by molar-refractivity contribution is -0.384. The van der Waals surface area contributed by atoms with Gasteiger partial charge in [0.2, 0.25) is 5.91 Å². The van der Waals surface area contributed by atoms with Crippen molar-refractivity contribution in [3.63, 3.8) is 0 Å². The molecule has 8 heteroatoms. The molecule has 1 N–H and O–H groups in total. The Morgan fingerprint density at radius 1 is 1.27 bits per heavy atom. The van der Waals surface area contributed by atoms with Crippen LogP contribution in [0.4, 0.5) is 15.8 Å². The molecule has 22 heavy (non-hydrogen) atoms. The lowest BCUT2D eigenvalue weighted by Gasteiger charge is -2.06. The van der Waals surface area contributed by atoms with Gasteiger partial charge in [-0.15, -0.1) is 11.8 Å². The molecule has 0 saturated carbocycles. The van der Waals surface area contributed by atoms with E-state index in [1.54, 1.807) is 24.3 Å². The molecule has 114 valence electrons. The van der Waals surface area contributed by atoms with E-state index >= 15 is 0 Å². The molecule has 2 aromatic rings. The zero-order chi connectivity index (χ0) is 16.1. The van der Waals surface area contributed by atoms with Gasteiger partial charge in [-0.2, -0.15) is 0 Å². The molecule has 0 saturated heterocycles. The number of hydrogen-bond donors (Lipinski definition) is 1. The standard InChI is InChI=1S/C14H10ClFN2O3S/c15-9-1-4-11(5-2-9)22-8-14(19)17-12-6-3-10(16)7-13(12)18(20)21/h1-7H,8H2,(H,17,19). The fourth-order valence-corrected chi connectivity index (χ4v) is 2.45. The molecule has 0 heterocycles. The number of nitrogens with zero attached hydrogens (tertiary/aromatic N) is 1. The molecule has 2 aromatic carbocycles. The fourth-order valence-electron chi connectivity index (χ4n) is 1.63. The van der Waals surface area contributed by atoms with Crippen LogP contribution in [0.25, 0.3) is 0 Å². The van der Waals surface area contributed by atoms with Crippen LogP contribution in [0.1, 0.15) is 0 Å². The van der Waals surface area contributed by atoms with Gasteiger partial charge in [0.1, 0.15) is 11.5 Å². The number of anilines is 1. The zero-order valence-electron chi connectivity index (χ0n) is 11.1. The first-order valence-corrected chi connectivity index (χ1v) is 7.44. The van der Waals surface area contributed by atoms with Gasteiger partial charge >= 0.3 is 0 Å². The van der Waals surface area contributed by atoms with Gasteiger partial charge in [-0.05, 0) is 36.4 Å². The minimum Gasteiger partial charge on any atom is -0.320 e. The van der Waals surface area contributed by atoms with Crippen LogP contribution in [-0.2, 0) is 4.79 Å². The number of rotatable bonds is 5. The van der Waals surface area contributed by atoms with E-state index in [9.17, 15) is 19.3 Å². The Morgan fingerprint density at radius 3 is 2.59 bits per heavy atom. The van der Waals surface area contributed by atoms with E-state index in [0.29, 0.717) is 5.02 Å². The third kappa shape index (κ3) is 4.44. The second kappa shape index (κ2) is 7.24. The average molecular weight is 341 g/mol. The number of benzene rings is 2. The van der Waals surface area contributed by atoms with E-state index < -0.39 is 22.3 Å². The number of nitrogens with one attached hydrogen (secondary N) is 1. The van der Waals surface area contributed by atoms with Gasteiger partial charge in [0.05, 0.1) is 16.7 Å². The van der Waals surface area contributed by atoms with Crippen LogP contribution in [0.2, 0.25) is 5.02 Å². The van der Waals surface area contributed by atoms with Gasteiger partial charge < -0.3 is 5.32 Å². The maximum Gasteiger partial charge on any atom is 0.295 e. The molecule has 0 unspecified atom stereocenters. The fraction of sp³-hybridized carbons (Fsp3) is 0.0714. The topological polar surface area (TPSA) is 72.2 Å². The van der Waals surface area contributed by atoms with Gasteiger partial charge in [0.25, 0.3) is 5.69 Å². The SMILES string of the molecule is O=C(CSc1ccc(Cl)cc1)Nc1ccc(F)cc1[N+](=O)[O-]. The highest BCUT2D eigenvalue weighted by Gasteiger charge is 2.17. The summed E-state index contributed by atoms with van der Waals surface area (Å²) in [7, 11) is 0. The number of hydrogen-bond acceptors (Lipinski definition) is 4. The van der Waals surface area contributed by atoms with Gasteiger partial charge in [-0.3, -0.25) is 14.9 Å². The summed E-state index contributed by atoms with van der Waals surface area (Å²) < 4.78 is 13.0. The van der Waals surface area contributed by atoms with Crippen molar-refractivity contribution in [1.29, 1.82) is 0 Å². The Labute approximate surface area is 134 Å². The highest BCUT2D eigenvalue weighted by Crippen LogP contribution is 2.26. The molecule has 0 aromatic heterocycles. The lowest BCUT2D eigenvalue weighted by Crippen LogP contribution is -2.15. The molecule has 0 spiro atoms. The molecule has 0 aliphatic carbocycles. The third-order valence-corrected chi connectivity index (χ3v) is 3.88. The minimum absolute atomic E-state index is 0.0342. The van der Waals surface area contributed by atoms with Gasteiger partial charge in [0, 0.05) is 9.92 Å². The van der Waals surface area contributed by atoms with Crippen LogP contribution >= 0.6 is 23.4 Å². The number of carbonyl (C=O) groups excluding carboxylic acids is 1. The van der Waals surface area contributed by atoms with Crippen LogP contribution in [0.15, 0.2) is 47.4 Å². The summed E-state index contributed by atoms with van der Waals surface area (Å²) in [5, 5.41) is 13.8. The lowest BCUT2D eigenvalue weighted by atomic mass is 10.2. The molecule has 0 fully saturated rings. The maximum atomic E-state index is 13.0. The van der Waals surface area contributed by atoms with Crippen molar-refractivity contribution >= 4 is 40.6 Å². The molecular weight excluding hydrogens is 331 g/mol.